The summed E-state index contributed by atoms with van der Waals surface area (Å²) < 4.78 is 7.06. The van der Waals surface area contributed by atoms with Gasteiger partial charge in [-0.25, -0.2) is 4.68 Å². The van der Waals surface area contributed by atoms with Crippen molar-refractivity contribution >= 4 is 0 Å². The molecule has 0 aliphatic carbocycles. The van der Waals surface area contributed by atoms with Gasteiger partial charge in [-0.2, -0.15) is 5.10 Å². The molecule has 4 heteroatoms. The molecular formula is C6H9N3O. The van der Waals surface area contributed by atoms with E-state index >= 15 is 0 Å². The summed E-state index contributed by atoms with van der Waals surface area (Å²) in [6, 6.07) is 1.88. The summed E-state index contributed by atoms with van der Waals surface area (Å²) in [5.41, 5.74) is 6.28. The SMILES string of the molecule is NCc1cc2n(n1)CCO2. The van der Waals surface area contributed by atoms with Gasteiger partial charge >= 0.3 is 0 Å². The average molecular weight is 139 g/mol. The smallest absolute Gasteiger partial charge is 0.212 e. The van der Waals surface area contributed by atoms with Crippen molar-refractivity contribution in [1.29, 1.82) is 0 Å². The maximum Gasteiger partial charge on any atom is 0.212 e. The summed E-state index contributed by atoms with van der Waals surface area (Å²) in [7, 11) is 0. The highest BCUT2D eigenvalue weighted by molar-refractivity contribution is 5.17. The lowest BCUT2D eigenvalue weighted by Crippen LogP contribution is -2.01. The summed E-state index contributed by atoms with van der Waals surface area (Å²) >= 11 is 0. The molecule has 4 nitrogen and oxygen atoms in total. The first-order valence-electron chi connectivity index (χ1n) is 3.30. The van der Waals surface area contributed by atoms with E-state index in [0.717, 1.165) is 24.7 Å². The van der Waals surface area contributed by atoms with Gasteiger partial charge in [-0.3, -0.25) is 0 Å². The lowest BCUT2D eigenvalue weighted by molar-refractivity contribution is 0.356. The van der Waals surface area contributed by atoms with E-state index in [-0.39, 0.29) is 0 Å². The fourth-order valence-corrected chi connectivity index (χ4v) is 1.06. The summed E-state index contributed by atoms with van der Waals surface area (Å²) in [5, 5.41) is 4.18. The minimum absolute atomic E-state index is 0.489. The van der Waals surface area contributed by atoms with Crippen LogP contribution >= 0.6 is 0 Å². The van der Waals surface area contributed by atoms with Gasteiger partial charge in [-0.05, 0) is 0 Å². The van der Waals surface area contributed by atoms with Gasteiger partial charge in [0.25, 0.3) is 0 Å². The topological polar surface area (TPSA) is 53.1 Å². The third-order valence-corrected chi connectivity index (χ3v) is 1.56. The Morgan fingerprint density at radius 1 is 1.80 bits per heavy atom. The van der Waals surface area contributed by atoms with Crippen molar-refractivity contribution in [2.75, 3.05) is 6.61 Å². The molecule has 0 unspecified atom stereocenters. The Morgan fingerprint density at radius 2 is 2.70 bits per heavy atom. The predicted molar refractivity (Wildman–Crippen MR) is 35.6 cm³/mol. The summed E-state index contributed by atoms with van der Waals surface area (Å²) in [6.45, 7) is 2.09. The molecular weight excluding hydrogens is 130 g/mol. The van der Waals surface area contributed by atoms with E-state index in [1.807, 2.05) is 10.7 Å². The quantitative estimate of drug-likeness (QED) is 0.583. The van der Waals surface area contributed by atoms with Crippen LogP contribution in [0, 0.1) is 0 Å². The number of rotatable bonds is 1. The van der Waals surface area contributed by atoms with Gasteiger partial charge in [-0.1, -0.05) is 0 Å². The first-order chi connectivity index (χ1) is 4.90. The molecule has 2 N–H and O–H groups in total. The van der Waals surface area contributed by atoms with Crippen molar-refractivity contribution in [2.24, 2.45) is 5.73 Å². The zero-order valence-corrected chi connectivity index (χ0v) is 5.58. The van der Waals surface area contributed by atoms with Gasteiger partial charge in [0.1, 0.15) is 6.61 Å². The van der Waals surface area contributed by atoms with E-state index in [1.54, 1.807) is 0 Å². The normalized spacial score (nSPS) is 14.9. The highest BCUT2D eigenvalue weighted by atomic mass is 16.5. The Labute approximate surface area is 58.6 Å². The Kier molecular flexibility index (Phi) is 1.14. The molecule has 0 aromatic carbocycles. The van der Waals surface area contributed by atoms with Crippen LogP contribution in [-0.2, 0) is 13.1 Å². The van der Waals surface area contributed by atoms with Crippen molar-refractivity contribution < 1.29 is 4.74 Å². The average Bonchev–Trinajstić information content (AvgIpc) is 2.42. The van der Waals surface area contributed by atoms with Crippen molar-refractivity contribution in [3.05, 3.63) is 11.8 Å². The first-order valence-corrected chi connectivity index (χ1v) is 3.30. The molecule has 1 aliphatic rings. The fraction of sp³-hybridized carbons (Fsp3) is 0.500. The minimum atomic E-state index is 0.489. The number of ether oxygens (including phenoxy) is 1. The number of hydrogen-bond acceptors (Lipinski definition) is 3. The zero-order valence-electron chi connectivity index (χ0n) is 5.58. The highest BCUT2D eigenvalue weighted by Gasteiger charge is 2.13. The first kappa shape index (κ1) is 5.73. The van der Waals surface area contributed by atoms with Crippen molar-refractivity contribution in [1.82, 2.24) is 9.78 Å². The molecule has 0 amide bonds. The maximum atomic E-state index is 5.38. The number of aromatic nitrogens is 2. The Hall–Kier alpha value is -1.03. The maximum absolute atomic E-state index is 5.38. The molecule has 0 saturated heterocycles. The van der Waals surface area contributed by atoms with Gasteiger partial charge in [0.2, 0.25) is 5.88 Å². The molecule has 0 bridgehead atoms. The van der Waals surface area contributed by atoms with Crippen LogP contribution in [0.2, 0.25) is 0 Å². The molecule has 0 saturated carbocycles. The Bertz CT molecular complexity index is 222. The van der Waals surface area contributed by atoms with Crippen molar-refractivity contribution in [3.8, 4) is 5.88 Å². The summed E-state index contributed by atoms with van der Waals surface area (Å²) in [6.07, 6.45) is 0. The van der Waals surface area contributed by atoms with E-state index in [0.29, 0.717) is 6.54 Å². The van der Waals surface area contributed by atoms with Gasteiger partial charge in [0, 0.05) is 12.6 Å². The number of fused-ring (bicyclic) bond motifs is 1. The number of hydrogen-bond donors (Lipinski definition) is 1. The van der Waals surface area contributed by atoms with Crippen LogP contribution in [0.4, 0.5) is 0 Å². The molecule has 0 atom stereocenters. The fourth-order valence-electron chi connectivity index (χ4n) is 1.06. The minimum Gasteiger partial charge on any atom is -0.476 e. The lowest BCUT2D eigenvalue weighted by atomic mass is 10.4. The highest BCUT2D eigenvalue weighted by Crippen LogP contribution is 2.17. The van der Waals surface area contributed by atoms with Crippen LogP contribution < -0.4 is 10.5 Å². The molecule has 1 aliphatic heterocycles. The van der Waals surface area contributed by atoms with Crippen LogP contribution in [0.25, 0.3) is 0 Å². The molecule has 2 rings (SSSR count). The van der Waals surface area contributed by atoms with Crippen LogP contribution in [0.3, 0.4) is 0 Å². The van der Waals surface area contributed by atoms with Gasteiger partial charge in [0.05, 0.1) is 12.2 Å². The second-order valence-corrected chi connectivity index (χ2v) is 2.25. The lowest BCUT2D eigenvalue weighted by Gasteiger charge is -1.87. The van der Waals surface area contributed by atoms with E-state index in [9.17, 15) is 0 Å². The standard InChI is InChI=1S/C6H9N3O/c7-4-5-3-6-9(8-5)1-2-10-6/h3H,1-2,4,7H2. The molecule has 1 aromatic heterocycles. The monoisotopic (exact) mass is 139 g/mol. The van der Waals surface area contributed by atoms with Crippen LogP contribution in [0.1, 0.15) is 5.69 Å². The van der Waals surface area contributed by atoms with Gasteiger partial charge < -0.3 is 10.5 Å². The molecule has 0 fully saturated rings. The molecule has 10 heavy (non-hydrogen) atoms. The van der Waals surface area contributed by atoms with Crippen molar-refractivity contribution in [2.45, 2.75) is 13.1 Å². The van der Waals surface area contributed by atoms with Crippen LogP contribution in [0.5, 0.6) is 5.88 Å². The number of nitrogens with zero attached hydrogens (tertiary/aromatic N) is 2. The predicted octanol–water partition coefficient (Wildman–Crippen LogP) is -0.266. The van der Waals surface area contributed by atoms with Crippen LogP contribution in [-0.4, -0.2) is 16.4 Å². The second kappa shape index (κ2) is 1.98. The van der Waals surface area contributed by atoms with Gasteiger partial charge in [0.15, 0.2) is 0 Å². The second-order valence-electron chi connectivity index (χ2n) is 2.25. The molecule has 1 aromatic rings. The summed E-state index contributed by atoms with van der Waals surface area (Å²) in [4.78, 5) is 0. The molecule has 0 spiro atoms. The van der Waals surface area contributed by atoms with E-state index in [1.165, 1.54) is 0 Å². The van der Waals surface area contributed by atoms with Gasteiger partial charge in [-0.15, -0.1) is 0 Å². The molecule has 2 heterocycles. The zero-order chi connectivity index (χ0) is 6.97. The van der Waals surface area contributed by atoms with E-state index in [2.05, 4.69) is 5.10 Å². The van der Waals surface area contributed by atoms with E-state index < -0.39 is 0 Å². The van der Waals surface area contributed by atoms with E-state index in [4.69, 9.17) is 10.5 Å². The van der Waals surface area contributed by atoms with Crippen LogP contribution in [0.15, 0.2) is 6.07 Å². The summed E-state index contributed by atoms with van der Waals surface area (Å²) in [5.74, 6) is 0.848. The molecule has 54 valence electrons. The third kappa shape index (κ3) is 0.690. The number of nitrogens with two attached hydrogens (primary N) is 1. The third-order valence-electron chi connectivity index (χ3n) is 1.56. The van der Waals surface area contributed by atoms with Crippen molar-refractivity contribution in [3.63, 3.8) is 0 Å². The largest absolute Gasteiger partial charge is 0.476 e. The Morgan fingerprint density at radius 3 is 3.40 bits per heavy atom. The molecule has 0 radical (unpaired) electrons. The Balaban J connectivity index is 2.37.